The Morgan fingerprint density at radius 1 is 1.03 bits per heavy atom. The molecular weight excluding hydrogens is 394 g/mol. The van der Waals surface area contributed by atoms with Gasteiger partial charge in [-0.3, -0.25) is 9.69 Å². The first-order chi connectivity index (χ1) is 14.4. The van der Waals surface area contributed by atoms with Crippen LogP contribution in [0.15, 0.2) is 42.5 Å². The number of halogens is 2. The molecule has 8 heteroatoms. The lowest BCUT2D eigenvalue weighted by Crippen LogP contribution is -2.38. The number of carbonyl (C=O) groups is 1. The van der Waals surface area contributed by atoms with Gasteiger partial charge in [0.1, 0.15) is 5.75 Å². The molecule has 0 bridgehead atoms. The zero-order valence-electron chi connectivity index (χ0n) is 17.7. The summed E-state index contributed by atoms with van der Waals surface area (Å²) < 4.78 is 39.8. The fourth-order valence-corrected chi connectivity index (χ4v) is 3.26. The molecule has 2 aromatic carbocycles. The van der Waals surface area contributed by atoms with Gasteiger partial charge >= 0.3 is 6.61 Å². The van der Waals surface area contributed by atoms with Crippen LogP contribution in [-0.2, 0) is 0 Å². The maximum Gasteiger partial charge on any atom is 0.387 e. The minimum Gasteiger partial charge on any atom is -0.497 e. The first-order valence-electron chi connectivity index (χ1n) is 9.72. The topological polar surface area (TPSA) is 60.0 Å². The van der Waals surface area contributed by atoms with Gasteiger partial charge in [-0.25, -0.2) is 0 Å². The van der Waals surface area contributed by atoms with E-state index in [1.807, 2.05) is 24.3 Å². The van der Waals surface area contributed by atoms with Crippen molar-refractivity contribution in [1.82, 2.24) is 10.2 Å². The summed E-state index contributed by atoms with van der Waals surface area (Å²) in [6.07, 6.45) is 0. The number of rotatable bonds is 11. The maximum absolute atomic E-state index is 12.7. The van der Waals surface area contributed by atoms with Crippen molar-refractivity contribution >= 4 is 5.91 Å². The van der Waals surface area contributed by atoms with E-state index in [0.29, 0.717) is 6.54 Å². The Labute approximate surface area is 175 Å². The molecule has 0 fully saturated rings. The third-order valence-corrected chi connectivity index (χ3v) is 4.83. The van der Waals surface area contributed by atoms with E-state index < -0.39 is 6.61 Å². The van der Waals surface area contributed by atoms with Crippen molar-refractivity contribution in [3.8, 4) is 17.2 Å². The molecule has 0 aliphatic rings. The van der Waals surface area contributed by atoms with E-state index in [1.54, 1.807) is 7.11 Å². The average Bonchev–Trinajstić information content (AvgIpc) is 2.76. The zero-order chi connectivity index (χ0) is 22.1. The van der Waals surface area contributed by atoms with Gasteiger partial charge in [-0.05, 0) is 49.0 Å². The van der Waals surface area contributed by atoms with Crippen LogP contribution in [0.2, 0.25) is 0 Å². The minimum absolute atomic E-state index is 0.0533. The molecule has 1 N–H and O–H groups in total. The third-order valence-electron chi connectivity index (χ3n) is 4.83. The summed E-state index contributed by atoms with van der Waals surface area (Å²) in [4.78, 5) is 14.9. The number of benzene rings is 2. The summed E-state index contributed by atoms with van der Waals surface area (Å²) in [5.74, 6) is 0.352. The van der Waals surface area contributed by atoms with Crippen LogP contribution < -0.4 is 19.5 Å². The molecule has 164 valence electrons. The van der Waals surface area contributed by atoms with E-state index in [1.165, 1.54) is 25.3 Å². The van der Waals surface area contributed by atoms with Gasteiger partial charge in [0.25, 0.3) is 5.91 Å². The summed E-state index contributed by atoms with van der Waals surface area (Å²) in [6, 6.07) is 11.8. The summed E-state index contributed by atoms with van der Waals surface area (Å²) in [7, 11) is 2.94. The van der Waals surface area contributed by atoms with Crippen LogP contribution in [0.5, 0.6) is 17.2 Å². The molecule has 0 radical (unpaired) electrons. The Morgan fingerprint density at radius 3 is 2.37 bits per heavy atom. The van der Waals surface area contributed by atoms with Crippen molar-refractivity contribution < 1.29 is 27.8 Å². The Hall–Kier alpha value is -2.87. The Kier molecular flexibility index (Phi) is 8.86. The van der Waals surface area contributed by atoms with Crippen molar-refractivity contribution in [2.45, 2.75) is 26.5 Å². The van der Waals surface area contributed by atoms with Crippen molar-refractivity contribution in [2.24, 2.45) is 0 Å². The summed E-state index contributed by atoms with van der Waals surface area (Å²) in [5, 5.41) is 2.93. The smallest absolute Gasteiger partial charge is 0.387 e. The van der Waals surface area contributed by atoms with Crippen LogP contribution in [0.4, 0.5) is 8.78 Å². The van der Waals surface area contributed by atoms with Crippen LogP contribution in [0.3, 0.4) is 0 Å². The molecule has 0 aromatic heterocycles. The molecule has 2 aromatic rings. The van der Waals surface area contributed by atoms with Gasteiger partial charge in [0.05, 0.1) is 20.3 Å². The molecule has 30 heavy (non-hydrogen) atoms. The number of ether oxygens (including phenoxy) is 3. The fourth-order valence-electron chi connectivity index (χ4n) is 3.26. The van der Waals surface area contributed by atoms with Gasteiger partial charge in [-0.15, -0.1) is 0 Å². The summed E-state index contributed by atoms with van der Waals surface area (Å²) >= 11 is 0. The molecule has 0 saturated carbocycles. The van der Waals surface area contributed by atoms with Crippen LogP contribution >= 0.6 is 0 Å². The highest BCUT2D eigenvalue weighted by molar-refractivity contribution is 5.94. The lowest BCUT2D eigenvalue weighted by atomic mass is 10.0. The standard InChI is InChI=1S/C22H28F2N2O4/c1-5-26(6-2)18(15-8-7-9-17(12-15)28-3)14-25-21(27)16-10-11-19(30-22(23)24)20(13-16)29-4/h7-13,18,22H,5-6,14H2,1-4H3,(H,25,27). The number of likely N-dealkylation sites (N-methyl/N-ethyl adjacent to an activating group) is 1. The molecule has 1 unspecified atom stereocenters. The van der Waals surface area contributed by atoms with Crippen molar-refractivity contribution in [3.05, 3.63) is 53.6 Å². The van der Waals surface area contributed by atoms with Crippen LogP contribution in [-0.4, -0.2) is 51.3 Å². The van der Waals surface area contributed by atoms with E-state index >= 15 is 0 Å². The van der Waals surface area contributed by atoms with E-state index in [9.17, 15) is 13.6 Å². The molecule has 6 nitrogen and oxygen atoms in total. The summed E-state index contributed by atoms with van der Waals surface area (Å²) in [5.41, 5.74) is 1.31. The first-order valence-corrected chi connectivity index (χ1v) is 9.72. The third kappa shape index (κ3) is 6.06. The van der Waals surface area contributed by atoms with E-state index in [2.05, 4.69) is 28.8 Å². The largest absolute Gasteiger partial charge is 0.497 e. The van der Waals surface area contributed by atoms with Gasteiger partial charge in [0.2, 0.25) is 0 Å². The number of hydrogen-bond acceptors (Lipinski definition) is 5. The molecule has 1 amide bonds. The van der Waals surface area contributed by atoms with E-state index in [-0.39, 0.29) is 29.0 Å². The summed E-state index contributed by atoms with van der Waals surface area (Å²) in [6.45, 7) is 3.13. The van der Waals surface area contributed by atoms with Crippen molar-refractivity contribution in [1.29, 1.82) is 0 Å². The Morgan fingerprint density at radius 2 is 1.77 bits per heavy atom. The second-order valence-electron chi connectivity index (χ2n) is 6.47. The van der Waals surface area contributed by atoms with Gasteiger partial charge in [0.15, 0.2) is 11.5 Å². The van der Waals surface area contributed by atoms with Gasteiger partial charge in [-0.1, -0.05) is 26.0 Å². The SMILES string of the molecule is CCN(CC)C(CNC(=O)c1ccc(OC(F)F)c(OC)c1)c1cccc(OC)c1. The minimum atomic E-state index is -2.98. The lowest BCUT2D eigenvalue weighted by molar-refractivity contribution is -0.0512. The molecule has 1 atom stereocenters. The molecule has 0 aliphatic carbocycles. The monoisotopic (exact) mass is 422 g/mol. The maximum atomic E-state index is 12.7. The predicted molar refractivity (Wildman–Crippen MR) is 111 cm³/mol. The number of carbonyl (C=O) groups excluding carboxylic acids is 1. The number of amides is 1. The number of hydrogen-bond donors (Lipinski definition) is 1. The number of nitrogens with one attached hydrogen (secondary N) is 1. The Balaban J connectivity index is 2.19. The molecule has 0 aliphatic heterocycles. The van der Waals surface area contributed by atoms with E-state index in [4.69, 9.17) is 9.47 Å². The number of methoxy groups -OCH3 is 2. The number of alkyl halides is 2. The lowest BCUT2D eigenvalue weighted by Gasteiger charge is -2.30. The van der Waals surface area contributed by atoms with Crippen LogP contribution in [0.25, 0.3) is 0 Å². The van der Waals surface area contributed by atoms with Crippen LogP contribution in [0, 0.1) is 0 Å². The second kappa shape index (κ2) is 11.3. The van der Waals surface area contributed by atoms with Crippen molar-refractivity contribution in [3.63, 3.8) is 0 Å². The first kappa shape index (κ1) is 23.4. The van der Waals surface area contributed by atoms with Crippen molar-refractivity contribution in [2.75, 3.05) is 33.9 Å². The highest BCUT2D eigenvalue weighted by Gasteiger charge is 2.20. The Bertz CT molecular complexity index is 829. The molecule has 0 saturated heterocycles. The van der Waals surface area contributed by atoms with Crippen LogP contribution in [0.1, 0.15) is 35.8 Å². The normalized spacial score (nSPS) is 12.0. The predicted octanol–water partition coefficient (Wildman–Crippen LogP) is 4.12. The molecule has 0 heterocycles. The second-order valence-corrected chi connectivity index (χ2v) is 6.47. The molecule has 2 rings (SSSR count). The van der Waals surface area contributed by atoms with Gasteiger partial charge in [0, 0.05) is 12.1 Å². The average molecular weight is 422 g/mol. The van der Waals surface area contributed by atoms with Gasteiger partial charge in [-0.2, -0.15) is 8.78 Å². The molecule has 0 spiro atoms. The molecular formula is C22H28F2N2O4. The highest BCUT2D eigenvalue weighted by atomic mass is 19.3. The zero-order valence-corrected chi connectivity index (χ0v) is 17.7. The van der Waals surface area contributed by atoms with Gasteiger partial charge < -0.3 is 19.5 Å². The van der Waals surface area contributed by atoms with E-state index in [0.717, 1.165) is 24.4 Å². The number of nitrogens with zero attached hydrogens (tertiary/aromatic N) is 1. The quantitative estimate of drug-likeness (QED) is 0.590. The highest BCUT2D eigenvalue weighted by Crippen LogP contribution is 2.29. The fraction of sp³-hybridized carbons (Fsp3) is 0.409.